The van der Waals surface area contributed by atoms with E-state index >= 15 is 0 Å². The van der Waals surface area contributed by atoms with Gasteiger partial charge in [-0.1, -0.05) is 25.3 Å². The third-order valence-electron chi connectivity index (χ3n) is 4.77. The predicted octanol–water partition coefficient (Wildman–Crippen LogP) is 2.77. The number of hydrogen-bond acceptors (Lipinski definition) is 3. The second-order valence-electron chi connectivity index (χ2n) is 6.52. The highest BCUT2D eigenvalue weighted by Gasteiger charge is 2.36. The van der Waals surface area contributed by atoms with Crippen molar-refractivity contribution in [3.63, 3.8) is 0 Å². The van der Waals surface area contributed by atoms with Gasteiger partial charge in [0.1, 0.15) is 0 Å². The molecule has 1 aliphatic rings. The molecule has 1 saturated carbocycles. The fourth-order valence-electron chi connectivity index (χ4n) is 3.22. The molecule has 122 valence electrons. The van der Waals surface area contributed by atoms with E-state index < -0.39 is 5.54 Å². The Bertz CT molecular complexity index is 474. The molecule has 0 saturated heterocycles. The van der Waals surface area contributed by atoms with E-state index in [1.54, 1.807) is 12.4 Å². The van der Waals surface area contributed by atoms with Crippen molar-refractivity contribution in [2.75, 3.05) is 6.61 Å². The molecule has 5 nitrogen and oxygen atoms in total. The summed E-state index contributed by atoms with van der Waals surface area (Å²) >= 11 is 0. The molecule has 2 rings (SSSR count). The van der Waals surface area contributed by atoms with Gasteiger partial charge in [-0.25, -0.2) is 4.79 Å². The van der Waals surface area contributed by atoms with Crippen LogP contribution in [0, 0.1) is 5.92 Å². The number of carbonyl (C=O) groups is 1. The summed E-state index contributed by atoms with van der Waals surface area (Å²) in [5.41, 5.74) is 0.403. The molecule has 0 radical (unpaired) electrons. The van der Waals surface area contributed by atoms with Crippen LogP contribution in [-0.2, 0) is 0 Å². The second-order valence-corrected chi connectivity index (χ2v) is 6.52. The molecule has 1 aromatic rings. The SMILES string of the molecule is CC(NC(=O)NC(C)(CO)C1CCCCC1)c1cccnc1. The second kappa shape index (κ2) is 7.58. The number of nitrogens with one attached hydrogen (secondary N) is 2. The van der Waals surface area contributed by atoms with Crippen LogP contribution in [0.4, 0.5) is 4.79 Å². The van der Waals surface area contributed by atoms with Crippen LogP contribution in [0.15, 0.2) is 24.5 Å². The topological polar surface area (TPSA) is 74.2 Å². The van der Waals surface area contributed by atoms with Crippen LogP contribution in [0.25, 0.3) is 0 Å². The normalized spacial score (nSPS) is 20.0. The van der Waals surface area contributed by atoms with Crippen molar-refractivity contribution in [2.24, 2.45) is 5.92 Å². The number of nitrogens with zero attached hydrogens (tertiary/aromatic N) is 1. The maximum absolute atomic E-state index is 12.3. The molecule has 1 aliphatic carbocycles. The summed E-state index contributed by atoms with van der Waals surface area (Å²) in [5, 5.41) is 15.7. The number of rotatable bonds is 5. The van der Waals surface area contributed by atoms with Crippen molar-refractivity contribution in [3.8, 4) is 0 Å². The number of aliphatic hydroxyl groups excluding tert-OH is 1. The third kappa shape index (κ3) is 4.19. The van der Waals surface area contributed by atoms with Crippen molar-refractivity contribution < 1.29 is 9.90 Å². The molecule has 1 heterocycles. The summed E-state index contributed by atoms with van der Waals surface area (Å²) in [6.45, 7) is 3.83. The fourth-order valence-corrected chi connectivity index (χ4v) is 3.22. The lowest BCUT2D eigenvalue weighted by atomic mass is 9.76. The van der Waals surface area contributed by atoms with Gasteiger partial charge in [0, 0.05) is 12.4 Å². The van der Waals surface area contributed by atoms with Crippen LogP contribution >= 0.6 is 0 Å². The number of amides is 2. The first kappa shape index (κ1) is 16.7. The molecular weight excluding hydrogens is 278 g/mol. The Morgan fingerprint density at radius 1 is 1.45 bits per heavy atom. The van der Waals surface area contributed by atoms with Gasteiger partial charge in [-0.15, -0.1) is 0 Å². The summed E-state index contributed by atoms with van der Waals surface area (Å²) in [6, 6.07) is 3.43. The summed E-state index contributed by atoms with van der Waals surface area (Å²) in [5.74, 6) is 0.339. The number of pyridine rings is 1. The van der Waals surface area contributed by atoms with Gasteiger partial charge in [0.25, 0.3) is 0 Å². The first-order valence-corrected chi connectivity index (χ1v) is 8.14. The molecule has 1 aromatic heterocycles. The number of hydrogen-bond donors (Lipinski definition) is 3. The summed E-state index contributed by atoms with van der Waals surface area (Å²) in [6.07, 6.45) is 9.19. The van der Waals surface area contributed by atoms with Gasteiger partial charge in [0.2, 0.25) is 0 Å². The minimum atomic E-state index is -0.556. The van der Waals surface area contributed by atoms with Gasteiger partial charge in [0.05, 0.1) is 18.2 Å². The first-order valence-electron chi connectivity index (χ1n) is 8.14. The Kier molecular flexibility index (Phi) is 5.77. The zero-order valence-electron chi connectivity index (χ0n) is 13.5. The molecule has 2 unspecified atom stereocenters. The molecule has 0 spiro atoms. The maximum atomic E-state index is 12.3. The Morgan fingerprint density at radius 3 is 2.77 bits per heavy atom. The lowest BCUT2D eigenvalue weighted by Gasteiger charge is -2.39. The van der Waals surface area contributed by atoms with E-state index in [9.17, 15) is 9.90 Å². The van der Waals surface area contributed by atoms with E-state index in [1.165, 1.54) is 19.3 Å². The summed E-state index contributed by atoms with van der Waals surface area (Å²) in [4.78, 5) is 16.4. The van der Waals surface area contributed by atoms with Gasteiger partial charge in [-0.05, 0) is 44.2 Å². The molecule has 22 heavy (non-hydrogen) atoms. The number of aliphatic hydroxyl groups is 1. The Hall–Kier alpha value is -1.62. The van der Waals surface area contributed by atoms with E-state index in [2.05, 4.69) is 15.6 Å². The van der Waals surface area contributed by atoms with Crippen LogP contribution in [0.1, 0.15) is 57.6 Å². The average molecular weight is 305 g/mol. The summed E-state index contributed by atoms with van der Waals surface area (Å²) < 4.78 is 0. The minimum Gasteiger partial charge on any atom is -0.394 e. The van der Waals surface area contributed by atoms with Crippen molar-refractivity contribution in [3.05, 3.63) is 30.1 Å². The van der Waals surface area contributed by atoms with Crippen LogP contribution in [0.3, 0.4) is 0 Å². The lowest BCUT2D eigenvalue weighted by molar-refractivity contribution is 0.101. The zero-order valence-corrected chi connectivity index (χ0v) is 13.5. The number of urea groups is 1. The molecule has 0 bridgehead atoms. The standard InChI is InChI=1S/C17H27N3O2/c1-13(14-7-6-10-18-11-14)19-16(22)20-17(2,12-21)15-8-4-3-5-9-15/h6-7,10-11,13,15,21H,3-5,8-9,12H2,1-2H3,(H2,19,20,22). The van der Waals surface area contributed by atoms with Crippen molar-refractivity contribution in [1.29, 1.82) is 0 Å². The monoisotopic (exact) mass is 305 g/mol. The van der Waals surface area contributed by atoms with Gasteiger partial charge in [0.15, 0.2) is 0 Å². The third-order valence-corrected chi connectivity index (χ3v) is 4.77. The van der Waals surface area contributed by atoms with E-state index in [-0.39, 0.29) is 18.7 Å². The highest BCUT2D eigenvalue weighted by molar-refractivity contribution is 5.75. The van der Waals surface area contributed by atoms with Crippen molar-refractivity contribution in [1.82, 2.24) is 15.6 Å². The largest absolute Gasteiger partial charge is 0.394 e. The molecule has 1 fully saturated rings. The van der Waals surface area contributed by atoms with Gasteiger partial charge >= 0.3 is 6.03 Å². The average Bonchev–Trinajstić information content (AvgIpc) is 2.56. The Balaban J connectivity index is 1.94. The van der Waals surface area contributed by atoms with Crippen LogP contribution < -0.4 is 10.6 Å². The highest BCUT2D eigenvalue weighted by atomic mass is 16.3. The molecule has 2 atom stereocenters. The van der Waals surface area contributed by atoms with Gasteiger partial charge in [-0.2, -0.15) is 0 Å². The van der Waals surface area contributed by atoms with E-state index in [4.69, 9.17) is 0 Å². The molecule has 2 amide bonds. The highest BCUT2D eigenvalue weighted by Crippen LogP contribution is 2.32. The maximum Gasteiger partial charge on any atom is 0.315 e. The van der Waals surface area contributed by atoms with Crippen LogP contribution in [0.5, 0.6) is 0 Å². The van der Waals surface area contributed by atoms with E-state index in [0.29, 0.717) is 5.92 Å². The Morgan fingerprint density at radius 2 is 2.18 bits per heavy atom. The van der Waals surface area contributed by atoms with Crippen molar-refractivity contribution in [2.45, 2.75) is 57.5 Å². The number of carbonyl (C=O) groups excluding carboxylic acids is 1. The first-order chi connectivity index (χ1) is 10.5. The minimum absolute atomic E-state index is 0.0354. The molecule has 5 heteroatoms. The lowest BCUT2D eigenvalue weighted by Crippen LogP contribution is -2.57. The van der Waals surface area contributed by atoms with E-state index in [1.807, 2.05) is 26.0 Å². The molecule has 0 aromatic carbocycles. The van der Waals surface area contributed by atoms with Gasteiger partial charge in [-0.3, -0.25) is 4.98 Å². The number of aromatic nitrogens is 1. The smallest absolute Gasteiger partial charge is 0.315 e. The summed E-state index contributed by atoms with van der Waals surface area (Å²) in [7, 11) is 0. The Labute approximate surface area is 132 Å². The van der Waals surface area contributed by atoms with E-state index in [0.717, 1.165) is 18.4 Å². The van der Waals surface area contributed by atoms with Crippen LogP contribution in [-0.4, -0.2) is 28.3 Å². The van der Waals surface area contributed by atoms with Gasteiger partial charge < -0.3 is 15.7 Å². The fraction of sp³-hybridized carbons (Fsp3) is 0.647. The van der Waals surface area contributed by atoms with Crippen molar-refractivity contribution >= 4 is 6.03 Å². The molecular formula is C17H27N3O2. The molecule has 0 aliphatic heterocycles. The molecule has 3 N–H and O–H groups in total. The van der Waals surface area contributed by atoms with Crippen LogP contribution in [0.2, 0.25) is 0 Å². The zero-order chi connectivity index (χ0) is 16.0. The quantitative estimate of drug-likeness (QED) is 0.783. The predicted molar refractivity (Wildman–Crippen MR) is 86.4 cm³/mol.